The number of methoxy groups -OCH3 is 1. The average molecular weight is 222 g/mol. The van der Waals surface area contributed by atoms with Crippen LogP contribution in [0.5, 0.6) is 5.75 Å². The van der Waals surface area contributed by atoms with Gasteiger partial charge in [-0.1, -0.05) is 32.9 Å². The van der Waals surface area contributed by atoms with Crippen molar-refractivity contribution in [3.8, 4) is 5.75 Å². The largest absolute Gasteiger partial charge is 0.494 e. The summed E-state index contributed by atoms with van der Waals surface area (Å²) in [6.45, 7) is 8.09. The van der Waals surface area contributed by atoms with Crippen molar-refractivity contribution in [2.75, 3.05) is 20.3 Å². The molecule has 0 saturated carbocycles. The predicted octanol–water partition coefficient (Wildman–Crippen LogP) is 3.40. The van der Waals surface area contributed by atoms with E-state index in [4.69, 9.17) is 9.47 Å². The van der Waals surface area contributed by atoms with E-state index >= 15 is 0 Å². The Morgan fingerprint density at radius 3 is 2.12 bits per heavy atom. The third kappa shape index (κ3) is 4.23. The van der Waals surface area contributed by atoms with Crippen molar-refractivity contribution in [3.63, 3.8) is 0 Å². The molecule has 0 unspecified atom stereocenters. The summed E-state index contributed by atoms with van der Waals surface area (Å²) in [5, 5.41) is 0. The van der Waals surface area contributed by atoms with Gasteiger partial charge in [0.15, 0.2) is 0 Å². The second kappa shape index (κ2) is 5.90. The summed E-state index contributed by atoms with van der Waals surface area (Å²) < 4.78 is 10.6. The lowest BCUT2D eigenvalue weighted by atomic mass is 9.87. The van der Waals surface area contributed by atoms with Crippen molar-refractivity contribution in [3.05, 3.63) is 29.8 Å². The molecule has 0 N–H and O–H groups in total. The maximum atomic E-state index is 5.60. The van der Waals surface area contributed by atoms with Crippen LogP contribution in [0, 0.1) is 0 Å². The topological polar surface area (TPSA) is 18.5 Å². The summed E-state index contributed by atoms with van der Waals surface area (Å²) in [7, 11) is 1.71. The Morgan fingerprint density at radius 2 is 1.62 bits per heavy atom. The van der Waals surface area contributed by atoms with Crippen LogP contribution >= 0.6 is 0 Å². The Labute approximate surface area is 98.6 Å². The van der Waals surface area contributed by atoms with Crippen LogP contribution < -0.4 is 4.74 Å². The zero-order chi connectivity index (χ0) is 12.0. The highest BCUT2D eigenvalue weighted by Crippen LogP contribution is 2.24. The minimum absolute atomic E-state index is 0.203. The van der Waals surface area contributed by atoms with Crippen molar-refractivity contribution in [2.24, 2.45) is 0 Å². The van der Waals surface area contributed by atoms with Crippen LogP contribution in [0.4, 0.5) is 0 Å². The maximum absolute atomic E-state index is 5.60. The van der Waals surface area contributed by atoms with Gasteiger partial charge in [-0.25, -0.2) is 0 Å². The molecule has 0 amide bonds. The molecule has 1 aromatic rings. The van der Waals surface area contributed by atoms with Gasteiger partial charge in [0.05, 0.1) is 6.61 Å². The van der Waals surface area contributed by atoms with Crippen molar-refractivity contribution in [1.82, 2.24) is 0 Å². The van der Waals surface area contributed by atoms with Gasteiger partial charge < -0.3 is 9.47 Å². The number of hydrogen-bond acceptors (Lipinski definition) is 2. The summed E-state index contributed by atoms with van der Waals surface area (Å²) in [5.74, 6) is 0.934. The maximum Gasteiger partial charge on any atom is 0.119 e. The van der Waals surface area contributed by atoms with Gasteiger partial charge >= 0.3 is 0 Å². The van der Waals surface area contributed by atoms with E-state index in [0.29, 0.717) is 6.61 Å². The quantitative estimate of drug-likeness (QED) is 0.711. The first-order valence-corrected chi connectivity index (χ1v) is 5.76. The van der Waals surface area contributed by atoms with E-state index < -0.39 is 0 Å². The zero-order valence-electron chi connectivity index (χ0n) is 10.7. The normalized spacial score (nSPS) is 11.5. The van der Waals surface area contributed by atoms with Gasteiger partial charge in [0.2, 0.25) is 0 Å². The fourth-order valence-electron chi connectivity index (χ4n) is 1.44. The Morgan fingerprint density at radius 1 is 1.00 bits per heavy atom. The van der Waals surface area contributed by atoms with E-state index in [1.54, 1.807) is 7.11 Å². The average Bonchev–Trinajstić information content (AvgIpc) is 2.24. The van der Waals surface area contributed by atoms with Crippen LogP contribution in [-0.2, 0) is 10.2 Å². The Kier molecular flexibility index (Phi) is 4.81. The number of rotatable bonds is 5. The molecule has 0 atom stereocenters. The Bertz CT molecular complexity index is 296. The number of ether oxygens (including phenoxy) is 2. The number of benzene rings is 1. The first kappa shape index (κ1) is 13.0. The van der Waals surface area contributed by atoms with E-state index in [1.165, 1.54) is 5.56 Å². The highest BCUT2D eigenvalue weighted by Gasteiger charge is 2.12. The molecule has 0 aliphatic rings. The van der Waals surface area contributed by atoms with E-state index in [2.05, 4.69) is 32.9 Å². The molecule has 0 aromatic heterocycles. The van der Waals surface area contributed by atoms with Crippen LogP contribution in [0.1, 0.15) is 32.8 Å². The van der Waals surface area contributed by atoms with Gasteiger partial charge in [0.1, 0.15) is 5.75 Å². The van der Waals surface area contributed by atoms with E-state index in [1.807, 2.05) is 12.1 Å². The number of hydrogen-bond donors (Lipinski definition) is 0. The molecular formula is C14H22O2. The summed E-state index contributed by atoms with van der Waals surface area (Å²) in [6.07, 6.45) is 0.928. The lowest BCUT2D eigenvalue weighted by Gasteiger charge is -2.19. The molecule has 90 valence electrons. The molecule has 0 aliphatic carbocycles. The fraction of sp³-hybridized carbons (Fsp3) is 0.571. The Balaban J connectivity index is 2.46. The highest BCUT2D eigenvalue weighted by molar-refractivity contribution is 5.31. The summed E-state index contributed by atoms with van der Waals surface area (Å²) in [5.41, 5.74) is 1.53. The van der Waals surface area contributed by atoms with Gasteiger partial charge in [-0.05, 0) is 23.1 Å². The third-order valence-electron chi connectivity index (χ3n) is 2.48. The van der Waals surface area contributed by atoms with Crippen molar-refractivity contribution in [2.45, 2.75) is 32.6 Å². The molecule has 2 heteroatoms. The van der Waals surface area contributed by atoms with Crippen molar-refractivity contribution < 1.29 is 9.47 Å². The van der Waals surface area contributed by atoms with Crippen LogP contribution in [0.3, 0.4) is 0 Å². The predicted molar refractivity (Wildman–Crippen MR) is 67.1 cm³/mol. The molecule has 0 fully saturated rings. The molecule has 0 spiro atoms. The summed E-state index contributed by atoms with van der Waals surface area (Å²) >= 11 is 0. The summed E-state index contributed by atoms with van der Waals surface area (Å²) in [6, 6.07) is 8.33. The molecule has 2 nitrogen and oxygen atoms in total. The second-order valence-corrected chi connectivity index (χ2v) is 4.97. The first-order chi connectivity index (χ1) is 7.54. The third-order valence-corrected chi connectivity index (χ3v) is 2.48. The van der Waals surface area contributed by atoms with E-state index in [-0.39, 0.29) is 5.41 Å². The molecule has 0 saturated heterocycles. The van der Waals surface area contributed by atoms with Gasteiger partial charge in [0, 0.05) is 20.1 Å². The molecule has 16 heavy (non-hydrogen) atoms. The van der Waals surface area contributed by atoms with Crippen LogP contribution in [0.25, 0.3) is 0 Å². The molecule has 0 radical (unpaired) electrons. The zero-order valence-corrected chi connectivity index (χ0v) is 10.7. The van der Waals surface area contributed by atoms with Crippen LogP contribution in [0.15, 0.2) is 24.3 Å². The van der Waals surface area contributed by atoms with Gasteiger partial charge in [-0.3, -0.25) is 0 Å². The molecule has 0 aliphatic heterocycles. The molecular weight excluding hydrogens is 200 g/mol. The minimum Gasteiger partial charge on any atom is -0.494 e. The second-order valence-electron chi connectivity index (χ2n) is 4.97. The van der Waals surface area contributed by atoms with Gasteiger partial charge in [-0.15, -0.1) is 0 Å². The standard InChI is InChI=1S/C14H22O2/c1-14(2,3)12-6-8-13(9-7-12)16-11-5-10-15-4/h6-9H,5,10-11H2,1-4H3. The molecule has 1 rings (SSSR count). The van der Waals surface area contributed by atoms with Crippen LogP contribution in [-0.4, -0.2) is 20.3 Å². The lowest BCUT2D eigenvalue weighted by Crippen LogP contribution is -2.10. The highest BCUT2D eigenvalue weighted by atomic mass is 16.5. The molecule has 0 heterocycles. The van der Waals surface area contributed by atoms with Gasteiger partial charge in [0.25, 0.3) is 0 Å². The van der Waals surface area contributed by atoms with E-state index in [0.717, 1.165) is 18.8 Å². The van der Waals surface area contributed by atoms with Crippen molar-refractivity contribution in [1.29, 1.82) is 0 Å². The fourth-order valence-corrected chi connectivity index (χ4v) is 1.44. The van der Waals surface area contributed by atoms with E-state index in [9.17, 15) is 0 Å². The molecule has 1 aromatic carbocycles. The summed E-state index contributed by atoms with van der Waals surface area (Å²) in [4.78, 5) is 0. The van der Waals surface area contributed by atoms with Crippen LogP contribution in [0.2, 0.25) is 0 Å². The van der Waals surface area contributed by atoms with Gasteiger partial charge in [-0.2, -0.15) is 0 Å². The SMILES string of the molecule is COCCCOc1ccc(C(C)(C)C)cc1. The first-order valence-electron chi connectivity index (χ1n) is 5.76. The molecule has 0 bridgehead atoms. The Hall–Kier alpha value is -1.02. The minimum atomic E-state index is 0.203. The van der Waals surface area contributed by atoms with Crippen molar-refractivity contribution >= 4 is 0 Å². The lowest BCUT2D eigenvalue weighted by molar-refractivity contribution is 0.172. The smallest absolute Gasteiger partial charge is 0.119 e. The monoisotopic (exact) mass is 222 g/mol.